The lowest BCUT2D eigenvalue weighted by Gasteiger charge is -2.39. The topological polar surface area (TPSA) is 53.3 Å². The molecule has 2 aliphatic heterocycles. The van der Waals surface area contributed by atoms with E-state index in [4.69, 9.17) is 4.98 Å². The van der Waals surface area contributed by atoms with Gasteiger partial charge < -0.3 is 14.4 Å². The third-order valence-corrected chi connectivity index (χ3v) is 6.70. The molecule has 1 aliphatic carbocycles. The quantitative estimate of drug-likeness (QED) is 0.750. The van der Waals surface area contributed by atoms with Gasteiger partial charge >= 0.3 is 0 Å². The summed E-state index contributed by atoms with van der Waals surface area (Å²) in [6, 6.07) is 3.40. The summed E-state index contributed by atoms with van der Waals surface area (Å²) < 4.78 is 2.47. The number of anilines is 2. The van der Waals surface area contributed by atoms with Gasteiger partial charge in [-0.1, -0.05) is 0 Å². The second-order valence-corrected chi connectivity index (χ2v) is 9.05. The first kappa shape index (κ1) is 18.9. The van der Waals surface area contributed by atoms with Gasteiger partial charge in [-0.2, -0.15) is 0 Å². The lowest BCUT2D eigenvalue weighted by atomic mass is 10.0. The van der Waals surface area contributed by atoms with Crippen LogP contribution < -0.4 is 9.80 Å². The van der Waals surface area contributed by atoms with Crippen molar-refractivity contribution in [1.82, 2.24) is 24.4 Å². The van der Waals surface area contributed by atoms with Crippen molar-refractivity contribution in [2.45, 2.75) is 70.1 Å². The van der Waals surface area contributed by atoms with Gasteiger partial charge in [-0.3, -0.25) is 4.90 Å². The van der Waals surface area contributed by atoms with Gasteiger partial charge in [0, 0.05) is 63.8 Å². The molecular formula is C22H33N7. The average Bonchev–Trinajstić information content (AvgIpc) is 3.50. The van der Waals surface area contributed by atoms with Crippen LogP contribution in [0.3, 0.4) is 0 Å². The summed E-state index contributed by atoms with van der Waals surface area (Å²) in [7, 11) is 4.08. The van der Waals surface area contributed by atoms with Gasteiger partial charge in [-0.15, -0.1) is 0 Å². The van der Waals surface area contributed by atoms with Crippen LogP contribution in [-0.2, 0) is 19.5 Å². The first-order valence-corrected chi connectivity index (χ1v) is 11.2. The van der Waals surface area contributed by atoms with Crippen molar-refractivity contribution in [2.24, 2.45) is 0 Å². The molecule has 0 spiro atoms. The highest BCUT2D eigenvalue weighted by atomic mass is 15.3. The standard InChI is InChI=1S/C22H33N7/c1-26(2)20-13-21(25-16-24-20)29(17-6-7-17)18-8-11-27(12-9-18)15-22-23-14-19-5-3-4-10-28(19)22/h13-14,16-18H,3-12,15H2,1-2H3. The summed E-state index contributed by atoms with van der Waals surface area (Å²) in [5.41, 5.74) is 1.43. The summed E-state index contributed by atoms with van der Waals surface area (Å²) in [6.07, 6.45) is 12.6. The molecular weight excluding hydrogens is 362 g/mol. The molecule has 7 nitrogen and oxygen atoms in total. The van der Waals surface area contributed by atoms with Crippen molar-refractivity contribution in [1.29, 1.82) is 0 Å². The van der Waals surface area contributed by atoms with Crippen LogP contribution in [0.2, 0.25) is 0 Å². The Labute approximate surface area is 173 Å². The molecule has 1 saturated heterocycles. The molecule has 1 saturated carbocycles. The maximum Gasteiger partial charge on any atom is 0.134 e. The number of rotatable bonds is 6. The van der Waals surface area contributed by atoms with E-state index in [1.54, 1.807) is 6.33 Å². The minimum Gasteiger partial charge on any atom is -0.363 e. The summed E-state index contributed by atoms with van der Waals surface area (Å²) in [5, 5.41) is 0. The molecule has 0 aromatic carbocycles. The number of piperidine rings is 1. The summed E-state index contributed by atoms with van der Waals surface area (Å²) in [6.45, 7) is 4.43. The minimum absolute atomic E-state index is 0.581. The van der Waals surface area contributed by atoms with Gasteiger partial charge in [0.15, 0.2) is 0 Å². The Morgan fingerprint density at radius 3 is 2.45 bits per heavy atom. The molecule has 29 heavy (non-hydrogen) atoms. The fourth-order valence-corrected chi connectivity index (χ4v) is 4.93. The molecule has 0 radical (unpaired) electrons. The van der Waals surface area contributed by atoms with E-state index >= 15 is 0 Å². The predicted molar refractivity (Wildman–Crippen MR) is 115 cm³/mol. The Morgan fingerprint density at radius 1 is 0.931 bits per heavy atom. The van der Waals surface area contributed by atoms with Gasteiger partial charge in [-0.05, 0) is 44.9 Å². The van der Waals surface area contributed by atoms with Crippen LogP contribution >= 0.6 is 0 Å². The lowest BCUT2D eigenvalue weighted by Crippen LogP contribution is -2.46. The van der Waals surface area contributed by atoms with Gasteiger partial charge in [0.1, 0.15) is 23.8 Å². The van der Waals surface area contributed by atoms with Crippen LogP contribution in [0, 0.1) is 0 Å². The number of hydrogen-bond donors (Lipinski definition) is 0. The largest absolute Gasteiger partial charge is 0.363 e. The zero-order valence-electron chi connectivity index (χ0n) is 17.8. The van der Waals surface area contributed by atoms with Crippen LogP contribution in [-0.4, -0.2) is 63.7 Å². The lowest BCUT2D eigenvalue weighted by molar-refractivity contribution is 0.193. The van der Waals surface area contributed by atoms with E-state index in [0.717, 1.165) is 37.8 Å². The van der Waals surface area contributed by atoms with Crippen molar-refractivity contribution >= 4 is 11.6 Å². The molecule has 0 amide bonds. The maximum absolute atomic E-state index is 4.75. The number of nitrogens with zero attached hydrogens (tertiary/aromatic N) is 7. The Hall–Kier alpha value is -2.15. The summed E-state index contributed by atoms with van der Waals surface area (Å²) in [4.78, 5) is 21.1. The van der Waals surface area contributed by atoms with E-state index in [-0.39, 0.29) is 0 Å². The third-order valence-electron chi connectivity index (χ3n) is 6.70. The fraction of sp³-hybridized carbons (Fsp3) is 0.682. The molecule has 4 heterocycles. The van der Waals surface area contributed by atoms with Crippen molar-refractivity contribution in [2.75, 3.05) is 37.0 Å². The molecule has 3 aliphatic rings. The highest BCUT2D eigenvalue weighted by Gasteiger charge is 2.36. The van der Waals surface area contributed by atoms with Crippen LogP contribution in [0.5, 0.6) is 0 Å². The molecule has 0 atom stereocenters. The number of fused-ring (bicyclic) bond motifs is 1. The van der Waals surface area contributed by atoms with Crippen molar-refractivity contribution in [3.8, 4) is 0 Å². The summed E-state index contributed by atoms with van der Waals surface area (Å²) in [5.74, 6) is 3.36. The van der Waals surface area contributed by atoms with Crippen molar-refractivity contribution in [3.63, 3.8) is 0 Å². The number of aryl methyl sites for hydroxylation is 1. The monoisotopic (exact) mass is 395 g/mol. The first-order valence-electron chi connectivity index (χ1n) is 11.2. The highest BCUT2D eigenvalue weighted by Crippen LogP contribution is 2.36. The normalized spacial score (nSPS) is 20.5. The summed E-state index contributed by atoms with van der Waals surface area (Å²) >= 11 is 0. The molecule has 2 aromatic rings. The second-order valence-electron chi connectivity index (χ2n) is 9.05. The van der Waals surface area contributed by atoms with Crippen LogP contribution in [0.4, 0.5) is 11.6 Å². The highest BCUT2D eigenvalue weighted by molar-refractivity contribution is 5.51. The van der Waals surface area contributed by atoms with Gasteiger partial charge in [0.2, 0.25) is 0 Å². The zero-order chi connectivity index (χ0) is 19.8. The average molecular weight is 396 g/mol. The van der Waals surface area contributed by atoms with E-state index in [1.807, 2.05) is 14.1 Å². The second kappa shape index (κ2) is 7.94. The van der Waals surface area contributed by atoms with Crippen molar-refractivity contribution in [3.05, 3.63) is 30.1 Å². The Morgan fingerprint density at radius 2 is 1.69 bits per heavy atom. The van der Waals surface area contributed by atoms with Crippen molar-refractivity contribution < 1.29 is 0 Å². The van der Waals surface area contributed by atoms with Gasteiger partial charge in [0.25, 0.3) is 0 Å². The third kappa shape index (κ3) is 3.97. The Bertz CT molecular complexity index is 833. The van der Waals surface area contributed by atoms with Crippen LogP contribution in [0.15, 0.2) is 18.6 Å². The Balaban J connectivity index is 1.24. The molecule has 0 bridgehead atoms. The van der Waals surface area contributed by atoms with Gasteiger partial charge in [0.05, 0.1) is 6.54 Å². The zero-order valence-corrected chi connectivity index (χ0v) is 17.8. The molecule has 156 valence electrons. The Kier molecular flexibility index (Phi) is 5.16. The molecule has 2 fully saturated rings. The van der Waals surface area contributed by atoms with Crippen LogP contribution in [0.1, 0.15) is 50.0 Å². The molecule has 5 rings (SSSR count). The molecule has 0 unspecified atom stereocenters. The first-order chi connectivity index (χ1) is 14.2. The van der Waals surface area contributed by atoms with E-state index in [9.17, 15) is 0 Å². The van der Waals surface area contributed by atoms with Crippen LogP contribution in [0.25, 0.3) is 0 Å². The molecule has 0 N–H and O–H groups in total. The number of imidazole rings is 1. The smallest absolute Gasteiger partial charge is 0.134 e. The van der Waals surface area contributed by atoms with E-state index < -0.39 is 0 Å². The van der Waals surface area contributed by atoms with E-state index in [1.165, 1.54) is 56.5 Å². The fourth-order valence-electron chi connectivity index (χ4n) is 4.93. The maximum atomic E-state index is 4.75. The predicted octanol–water partition coefficient (Wildman–Crippen LogP) is 2.71. The SMILES string of the molecule is CN(C)c1cc(N(C2CC2)C2CCN(Cc3ncc4n3CCCC4)CC2)ncn1. The van der Waals surface area contributed by atoms with Gasteiger partial charge in [-0.25, -0.2) is 15.0 Å². The van der Waals surface area contributed by atoms with E-state index in [0.29, 0.717) is 12.1 Å². The van der Waals surface area contributed by atoms with E-state index in [2.05, 4.69) is 41.5 Å². The minimum atomic E-state index is 0.581. The number of aromatic nitrogens is 4. The molecule has 2 aromatic heterocycles. The number of likely N-dealkylation sites (tertiary alicyclic amines) is 1. The molecule has 7 heteroatoms. The number of hydrogen-bond acceptors (Lipinski definition) is 6.